The van der Waals surface area contributed by atoms with Gasteiger partial charge in [-0.1, -0.05) is 18.2 Å². The second kappa shape index (κ2) is 4.32. The lowest BCUT2D eigenvalue weighted by atomic mass is 10.2. The number of carbonyl (C=O) groups excluding carboxylic acids is 1. The first kappa shape index (κ1) is 10.1. The van der Waals surface area contributed by atoms with Gasteiger partial charge < -0.3 is 0 Å². The minimum atomic E-state index is -0.467. The lowest BCUT2D eigenvalue weighted by molar-refractivity contribution is -0.384. The lowest BCUT2D eigenvalue weighted by Gasteiger charge is -1.93. The van der Waals surface area contributed by atoms with Crippen LogP contribution in [0.4, 0.5) is 5.69 Å². The summed E-state index contributed by atoms with van der Waals surface area (Å²) in [4.78, 5) is 20.6. The number of allylic oxidation sites excluding steroid dienone is 1. The normalized spacial score (nSPS) is 10.4. The summed E-state index contributed by atoms with van der Waals surface area (Å²) in [6.07, 6.45) is 2.92. The van der Waals surface area contributed by atoms with E-state index >= 15 is 0 Å². The molecule has 0 radical (unpaired) electrons. The molecular weight excluding hydrogens is 182 g/mol. The van der Waals surface area contributed by atoms with Crippen LogP contribution in [-0.4, -0.2) is 10.7 Å². The first-order valence-electron chi connectivity index (χ1n) is 4.02. The first-order chi connectivity index (χ1) is 6.59. The maximum atomic E-state index is 10.6. The average Bonchev–Trinajstić information content (AvgIpc) is 2.15. The molecule has 0 fully saturated rings. The van der Waals surface area contributed by atoms with E-state index in [4.69, 9.17) is 0 Å². The predicted molar refractivity (Wildman–Crippen MR) is 52.8 cm³/mol. The third-order valence-corrected chi connectivity index (χ3v) is 1.59. The Morgan fingerprint density at radius 1 is 1.50 bits per heavy atom. The van der Waals surface area contributed by atoms with E-state index in [1.807, 2.05) is 0 Å². The molecular formula is C10H9NO3. The molecule has 1 rings (SSSR count). The van der Waals surface area contributed by atoms with Gasteiger partial charge in [0.05, 0.1) is 4.92 Å². The summed E-state index contributed by atoms with van der Waals surface area (Å²) in [5.74, 6) is -0.0866. The van der Waals surface area contributed by atoms with Crippen molar-refractivity contribution in [3.8, 4) is 0 Å². The highest BCUT2D eigenvalue weighted by Crippen LogP contribution is 2.13. The number of ketones is 1. The number of nitrogens with zero attached hydrogens (tertiary/aromatic N) is 1. The Morgan fingerprint density at radius 3 is 2.79 bits per heavy atom. The molecule has 0 N–H and O–H groups in total. The van der Waals surface area contributed by atoms with E-state index in [0.717, 1.165) is 0 Å². The number of rotatable bonds is 3. The van der Waals surface area contributed by atoms with E-state index < -0.39 is 4.92 Å². The molecule has 0 aliphatic heterocycles. The van der Waals surface area contributed by atoms with E-state index in [1.54, 1.807) is 18.2 Å². The summed E-state index contributed by atoms with van der Waals surface area (Å²) in [7, 11) is 0. The number of hydrogen-bond acceptors (Lipinski definition) is 3. The van der Waals surface area contributed by atoms with Gasteiger partial charge in [-0.05, 0) is 18.6 Å². The summed E-state index contributed by atoms with van der Waals surface area (Å²) in [6.45, 7) is 1.42. The van der Waals surface area contributed by atoms with Gasteiger partial charge in [0.25, 0.3) is 5.69 Å². The van der Waals surface area contributed by atoms with Gasteiger partial charge in [0, 0.05) is 12.1 Å². The van der Waals surface area contributed by atoms with E-state index in [1.165, 1.54) is 25.1 Å². The van der Waals surface area contributed by atoms with Gasteiger partial charge in [-0.15, -0.1) is 0 Å². The van der Waals surface area contributed by atoms with Crippen LogP contribution in [0.5, 0.6) is 0 Å². The van der Waals surface area contributed by atoms with E-state index in [0.29, 0.717) is 5.56 Å². The van der Waals surface area contributed by atoms with Crippen molar-refractivity contribution in [2.45, 2.75) is 6.92 Å². The maximum Gasteiger partial charge on any atom is 0.270 e. The fourth-order valence-corrected chi connectivity index (χ4v) is 0.956. The number of nitro groups is 1. The molecule has 0 atom stereocenters. The molecule has 14 heavy (non-hydrogen) atoms. The van der Waals surface area contributed by atoms with Gasteiger partial charge in [0.1, 0.15) is 0 Å². The van der Waals surface area contributed by atoms with Crippen molar-refractivity contribution in [3.05, 3.63) is 46.0 Å². The van der Waals surface area contributed by atoms with Crippen LogP contribution in [0.25, 0.3) is 6.08 Å². The van der Waals surface area contributed by atoms with Crippen LogP contribution in [0.1, 0.15) is 12.5 Å². The van der Waals surface area contributed by atoms with Crippen molar-refractivity contribution in [2.24, 2.45) is 0 Å². The minimum Gasteiger partial charge on any atom is -0.295 e. The van der Waals surface area contributed by atoms with Crippen LogP contribution in [-0.2, 0) is 4.79 Å². The maximum absolute atomic E-state index is 10.6. The third kappa shape index (κ3) is 2.82. The van der Waals surface area contributed by atoms with Gasteiger partial charge in [-0.3, -0.25) is 14.9 Å². The van der Waals surface area contributed by atoms with Crippen LogP contribution >= 0.6 is 0 Å². The summed E-state index contributed by atoms with van der Waals surface area (Å²) in [5.41, 5.74) is 0.671. The number of benzene rings is 1. The van der Waals surface area contributed by atoms with Crippen LogP contribution < -0.4 is 0 Å². The van der Waals surface area contributed by atoms with Crippen LogP contribution in [0.15, 0.2) is 30.3 Å². The molecule has 1 aromatic carbocycles. The number of non-ortho nitro benzene ring substituents is 1. The topological polar surface area (TPSA) is 60.2 Å². The van der Waals surface area contributed by atoms with E-state index in [9.17, 15) is 14.9 Å². The molecule has 0 aliphatic carbocycles. The fourth-order valence-electron chi connectivity index (χ4n) is 0.956. The Bertz CT molecular complexity index is 396. The Kier molecular flexibility index (Phi) is 3.12. The molecule has 0 spiro atoms. The molecule has 4 nitrogen and oxygen atoms in total. The quantitative estimate of drug-likeness (QED) is 0.418. The fraction of sp³-hybridized carbons (Fsp3) is 0.100. The average molecular weight is 191 g/mol. The van der Waals surface area contributed by atoms with Crippen molar-refractivity contribution >= 4 is 17.5 Å². The number of carbonyl (C=O) groups is 1. The second-order valence-electron chi connectivity index (χ2n) is 2.80. The molecule has 72 valence electrons. The zero-order chi connectivity index (χ0) is 10.6. The standard InChI is InChI=1S/C10H9NO3/c1-8(12)5-6-9-3-2-4-10(7-9)11(13)14/h2-7H,1H3/b6-5+. The largest absolute Gasteiger partial charge is 0.295 e. The van der Waals surface area contributed by atoms with Gasteiger partial charge >= 0.3 is 0 Å². The smallest absolute Gasteiger partial charge is 0.270 e. The molecule has 0 saturated heterocycles. The van der Waals surface area contributed by atoms with Gasteiger partial charge in [-0.2, -0.15) is 0 Å². The molecule has 0 heterocycles. The Hall–Kier alpha value is -1.97. The molecule has 0 bridgehead atoms. The predicted octanol–water partition coefficient (Wildman–Crippen LogP) is 2.20. The number of nitro benzene ring substituents is 1. The van der Waals surface area contributed by atoms with Crippen LogP contribution in [0.2, 0.25) is 0 Å². The van der Waals surface area contributed by atoms with Crippen molar-refractivity contribution in [2.75, 3.05) is 0 Å². The Labute approximate surface area is 81.0 Å². The minimum absolute atomic E-state index is 0.0238. The number of hydrogen-bond donors (Lipinski definition) is 0. The monoisotopic (exact) mass is 191 g/mol. The lowest BCUT2D eigenvalue weighted by Crippen LogP contribution is -1.87. The highest BCUT2D eigenvalue weighted by atomic mass is 16.6. The summed E-state index contributed by atoms with van der Waals surface area (Å²) in [6, 6.07) is 6.11. The zero-order valence-corrected chi connectivity index (χ0v) is 7.64. The third-order valence-electron chi connectivity index (χ3n) is 1.59. The van der Waals surface area contributed by atoms with Gasteiger partial charge in [0.15, 0.2) is 5.78 Å². The summed E-state index contributed by atoms with van der Waals surface area (Å²) < 4.78 is 0. The van der Waals surface area contributed by atoms with Gasteiger partial charge in [-0.25, -0.2) is 0 Å². The van der Waals surface area contributed by atoms with Gasteiger partial charge in [0.2, 0.25) is 0 Å². The second-order valence-corrected chi connectivity index (χ2v) is 2.80. The van der Waals surface area contributed by atoms with E-state index in [-0.39, 0.29) is 11.5 Å². The molecule has 1 aromatic rings. The molecule has 4 heteroatoms. The Morgan fingerprint density at radius 2 is 2.21 bits per heavy atom. The van der Waals surface area contributed by atoms with Crippen LogP contribution in [0, 0.1) is 10.1 Å². The van der Waals surface area contributed by atoms with E-state index in [2.05, 4.69) is 0 Å². The molecule has 0 aliphatic rings. The van der Waals surface area contributed by atoms with Crippen molar-refractivity contribution in [3.63, 3.8) is 0 Å². The highest BCUT2D eigenvalue weighted by molar-refractivity contribution is 5.91. The molecule has 0 unspecified atom stereocenters. The van der Waals surface area contributed by atoms with Crippen molar-refractivity contribution < 1.29 is 9.72 Å². The Balaban J connectivity index is 2.94. The van der Waals surface area contributed by atoms with Crippen molar-refractivity contribution in [1.82, 2.24) is 0 Å². The molecule has 0 saturated carbocycles. The highest BCUT2D eigenvalue weighted by Gasteiger charge is 2.03. The summed E-state index contributed by atoms with van der Waals surface area (Å²) in [5, 5.41) is 10.4. The van der Waals surface area contributed by atoms with Crippen LogP contribution in [0.3, 0.4) is 0 Å². The van der Waals surface area contributed by atoms with Crippen molar-refractivity contribution in [1.29, 1.82) is 0 Å². The summed E-state index contributed by atoms with van der Waals surface area (Å²) >= 11 is 0. The molecule has 0 aromatic heterocycles. The zero-order valence-electron chi connectivity index (χ0n) is 7.64. The molecule has 0 amide bonds. The SMILES string of the molecule is CC(=O)/C=C/c1cccc([N+](=O)[O-])c1. The first-order valence-corrected chi connectivity index (χ1v) is 4.02.